The number of anilines is 1. The lowest BCUT2D eigenvalue weighted by atomic mass is 9.76. The molecule has 0 bridgehead atoms. The van der Waals surface area contributed by atoms with Crippen molar-refractivity contribution in [2.45, 2.75) is 29.7 Å². The van der Waals surface area contributed by atoms with E-state index < -0.39 is 10.0 Å². The van der Waals surface area contributed by atoms with Gasteiger partial charge in [0, 0.05) is 17.6 Å². The van der Waals surface area contributed by atoms with Crippen LogP contribution in [0.5, 0.6) is 0 Å². The Morgan fingerprint density at radius 3 is 2.33 bits per heavy atom. The first-order valence-corrected chi connectivity index (χ1v) is 12.0. The molecule has 3 aromatic rings. The van der Waals surface area contributed by atoms with Crippen LogP contribution in [-0.2, 0) is 10.0 Å². The second-order valence-corrected chi connectivity index (χ2v) is 9.90. The Balaban J connectivity index is 1.70. The van der Waals surface area contributed by atoms with Crippen LogP contribution < -0.4 is 10.0 Å². The first-order valence-electron chi connectivity index (χ1n) is 9.73. The molecule has 2 unspecified atom stereocenters. The highest BCUT2D eigenvalue weighted by Gasteiger charge is 2.28. The van der Waals surface area contributed by atoms with Gasteiger partial charge in [-0.1, -0.05) is 53.5 Å². The third-order valence-corrected chi connectivity index (χ3v) is 7.72. The maximum atomic E-state index is 12.7. The quantitative estimate of drug-likeness (QED) is 0.492. The normalized spacial score (nSPS) is 18.6. The number of fused-ring (bicyclic) bond motifs is 1. The van der Waals surface area contributed by atoms with E-state index in [9.17, 15) is 8.42 Å². The van der Waals surface area contributed by atoms with Gasteiger partial charge in [-0.15, -0.1) is 0 Å². The van der Waals surface area contributed by atoms with E-state index in [-0.39, 0.29) is 16.9 Å². The van der Waals surface area contributed by atoms with Crippen molar-refractivity contribution in [1.82, 2.24) is 5.32 Å². The van der Waals surface area contributed by atoms with Crippen LogP contribution in [0.1, 0.15) is 41.5 Å². The molecule has 30 heavy (non-hydrogen) atoms. The largest absolute Gasteiger partial charge is 0.313 e. The number of sulfonamides is 1. The lowest BCUT2D eigenvalue weighted by molar-refractivity contribution is 0.471. The summed E-state index contributed by atoms with van der Waals surface area (Å²) < 4.78 is 28.2. The summed E-state index contributed by atoms with van der Waals surface area (Å²) in [5.41, 5.74) is 3.92. The minimum atomic E-state index is -3.64. The molecule has 4 rings (SSSR count). The fourth-order valence-electron chi connectivity index (χ4n) is 4.09. The van der Waals surface area contributed by atoms with Crippen molar-refractivity contribution in [2.24, 2.45) is 0 Å². The summed E-state index contributed by atoms with van der Waals surface area (Å²) in [5, 5.41) is 4.43. The number of rotatable bonds is 5. The zero-order valence-electron chi connectivity index (χ0n) is 16.4. The molecule has 156 valence electrons. The molecular formula is C23H22Cl2N2O2S. The molecule has 0 saturated carbocycles. The average Bonchev–Trinajstić information content (AvgIpc) is 2.75. The SMILES string of the molecule is CNC1CCC(c2ccc(Cl)c(Cl)c2)c2ccc(NS(=O)(=O)c3ccccc3)cc21. The van der Waals surface area contributed by atoms with Crippen molar-refractivity contribution in [3.05, 3.63) is 93.5 Å². The van der Waals surface area contributed by atoms with Crippen LogP contribution >= 0.6 is 23.2 Å². The lowest BCUT2D eigenvalue weighted by Gasteiger charge is -2.32. The Morgan fingerprint density at radius 1 is 0.867 bits per heavy atom. The Bertz CT molecular complexity index is 1170. The zero-order valence-corrected chi connectivity index (χ0v) is 18.7. The molecule has 2 N–H and O–H groups in total. The Kier molecular flexibility index (Phi) is 6.07. The van der Waals surface area contributed by atoms with E-state index in [0.717, 1.165) is 24.0 Å². The van der Waals surface area contributed by atoms with Crippen molar-refractivity contribution < 1.29 is 8.42 Å². The summed E-state index contributed by atoms with van der Waals surface area (Å²) >= 11 is 12.3. The summed E-state index contributed by atoms with van der Waals surface area (Å²) in [6.45, 7) is 0. The summed E-state index contributed by atoms with van der Waals surface area (Å²) in [5.74, 6) is 0.180. The lowest BCUT2D eigenvalue weighted by Crippen LogP contribution is -2.24. The van der Waals surface area contributed by atoms with Crippen LogP contribution in [0.2, 0.25) is 10.0 Å². The second kappa shape index (κ2) is 8.60. The van der Waals surface area contributed by atoms with Crippen LogP contribution in [0.4, 0.5) is 5.69 Å². The molecule has 0 heterocycles. The first kappa shape index (κ1) is 21.2. The minimum Gasteiger partial charge on any atom is -0.313 e. The maximum Gasteiger partial charge on any atom is 0.261 e. The van der Waals surface area contributed by atoms with Gasteiger partial charge in [0.15, 0.2) is 0 Å². The van der Waals surface area contributed by atoms with Crippen LogP contribution in [-0.4, -0.2) is 15.5 Å². The highest BCUT2D eigenvalue weighted by Crippen LogP contribution is 2.43. The highest BCUT2D eigenvalue weighted by molar-refractivity contribution is 7.92. The van der Waals surface area contributed by atoms with Gasteiger partial charge < -0.3 is 5.32 Å². The molecule has 4 nitrogen and oxygen atoms in total. The summed E-state index contributed by atoms with van der Waals surface area (Å²) in [7, 11) is -1.72. The third kappa shape index (κ3) is 4.21. The number of hydrogen-bond acceptors (Lipinski definition) is 3. The van der Waals surface area contributed by atoms with E-state index in [1.165, 1.54) is 5.56 Å². The monoisotopic (exact) mass is 460 g/mol. The van der Waals surface area contributed by atoms with Crippen LogP contribution in [0.3, 0.4) is 0 Å². The Morgan fingerprint density at radius 2 is 1.63 bits per heavy atom. The van der Waals surface area contributed by atoms with Gasteiger partial charge in [0.1, 0.15) is 0 Å². The summed E-state index contributed by atoms with van der Waals surface area (Å²) in [6.07, 6.45) is 1.90. The molecule has 0 aliphatic heterocycles. The predicted molar refractivity (Wildman–Crippen MR) is 123 cm³/mol. The van der Waals surface area contributed by atoms with Gasteiger partial charge in [0.05, 0.1) is 14.9 Å². The smallest absolute Gasteiger partial charge is 0.261 e. The number of halogens is 2. The fourth-order valence-corrected chi connectivity index (χ4v) is 5.47. The van der Waals surface area contributed by atoms with E-state index in [1.807, 2.05) is 43.4 Å². The molecule has 0 spiro atoms. The number of nitrogens with one attached hydrogen (secondary N) is 2. The van der Waals surface area contributed by atoms with E-state index >= 15 is 0 Å². The maximum absolute atomic E-state index is 12.7. The van der Waals surface area contributed by atoms with E-state index in [4.69, 9.17) is 23.2 Å². The standard InChI is InChI=1S/C23H22Cl2N2O2S/c1-26-23-12-10-18(15-7-11-21(24)22(25)13-15)19-9-8-16(14-20(19)23)27-30(28,29)17-5-3-2-4-6-17/h2-9,11,13-14,18,23,26-27H,10,12H2,1H3. The molecule has 0 fully saturated rings. The van der Waals surface area contributed by atoms with Crippen LogP contribution in [0.15, 0.2) is 71.6 Å². The Hall–Kier alpha value is -2.05. The van der Waals surface area contributed by atoms with Crippen LogP contribution in [0.25, 0.3) is 0 Å². The Labute approximate surface area is 187 Å². The van der Waals surface area contributed by atoms with Crippen LogP contribution in [0, 0.1) is 0 Å². The molecule has 1 aliphatic carbocycles. The molecule has 0 saturated heterocycles. The van der Waals surface area contributed by atoms with Gasteiger partial charge in [-0.2, -0.15) is 0 Å². The van der Waals surface area contributed by atoms with Crippen molar-refractivity contribution in [3.8, 4) is 0 Å². The third-order valence-electron chi connectivity index (χ3n) is 5.58. The average molecular weight is 461 g/mol. The molecule has 0 amide bonds. The van der Waals surface area contributed by atoms with Crippen molar-refractivity contribution in [1.29, 1.82) is 0 Å². The van der Waals surface area contributed by atoms with Gasteiger partial charge in [-0.3, -0.25) is 4.72 Å². The first-order chi connectivity index (χ1) is 14.4. The molecule has 2 atom stereocenters. The van der Waals surface area contributed by atoms with Crippen molar-refractivity contribution in [2.75, 3.05) is 11.8 Å². The number of hydrogen-bond donors (Lipinski definition) is 2. The summed E-state index contributed by atoms with van der Waals surface area (Å²) in [4.78, 5) is 0.238. The van der Waals surface area contributed by atoms with Gasteiger partial charge in [0.2, 0.25) is 0 Å². The van der Waals surface area contributed by atoms with Gasteiger partial charge >= 0.3 is 0 Å². The van der Waals surface area contributed by atoms with Gasteiger partial charge in [-0.05, 0) is 73.0 Å². The highest BCUT2D eigenvalue weighted by atomic mass is 35.5. The second-order valence-electron chi connectivity index (χ2n) is 7.41. The van der Waals surface area contributed by atoms with Crippen molar-refractivity contribution in [3.63, 3.8) is 0 Å². The topological polar surface area (TPSA) is 58.2 Å². The molecule has 1 aliphatic rings. The molecule has 3 aromatic carbocycles. The van der Waals surface area contributed by atoms with Gasteiger partial charge in [-0.25, -0.2) is 8.42 Å². The molecular weight excluding hydrogens is 439 g/mol. The van der Waals surface area contributed by atoms with E-state index in [1.54, 1.807) is 30.3 Å². The molecule has 7 heteroatoms. The fraction of sp³-hybridized carbons (Fsp3) is 0.217. The number of benzene rings is 3. The summed E-state index contributed by atoms with van der Waals surface area (Å²) in [6, 6.07) is 20.0. The van der Waals surface area contributed by atoms with Crippen molar-refractivity contribution >= 4 is 38.9 Å². The van der Waals surface area contributed by atoms with E-state index in [2.05, 4.69) is 10.0 Å². The molecule has 0 aromatic heterocycles. The van der Waals surface area contributed by atoms with E-state index in [0.29, 0.717) is 15.7 Å². The molecule has 0 radical (unpaired) electrons. The zero-order chi connectivity index (χ0) is 21.3. The predicted octanol–water partition coefficient (Wildman–Crippen LogP) is 5.98. The van der Waals surface area contributed by atoms with Gasteiger partial charge in [0.25, 0.3) is 10.0 Å². The minimum absolute atomic E-state index is 0.153.